The van der Waals surface area contributed by atoms with E-state index in [9.17, 15) is 29.4 Å². The molecule has 3 rings (SSSR count). The van der Waals surface area contributed by atoms with E-state index in [1.165, 1.54) is 6.07 Å². The lowest BCUT2D eigenvalue weighted by atomic mass is 10.0. The highest BCUT2D eigenvalue weighted by molar-refractivity contribution is 5.85. The number of aliphatic hydroxyl groups is 1. The van der Waals surface area contributed by atoms with E-state index in [2.05, 4.69) is 14.8 Å². The Morgan fingerprint density at radius 1 is 0.692 bits per heavy atom. The number of amides is 1. The van der Waals surface area contributed by atoms with Crippen LogP contribution in [0, 0.1) is 0 Å². The van der Waals surface area contributed by atoms with E-state index in [0.29, 0.717) is 77.6 Å². The van der Waals surface area contributed by atoms with Crippen LogP contribution in [0.4, 0.5) is 0 Å². The monoisotopic (exact) mass is 734 g/mol. The van der Waals surface area contributed by atoms with Crippen LogP contribution in [0.15, 0.2) is 12.1 Å². The standard InChI is InChI=1S/C37H62N6O9/c1-35(2,3)50-31(45)24-40-16-14-39(23-30(44)43-13-12-28-27(22-43)10-11-29(38-28)34(48)49)15-17-41(25-32(46)51-36(4,5)6)19-21-42(20-18-40)26-33(47)52-37(7,8)9/h10-11,31,45H,12-26H2,1-9H3,(H,48,49). The van der Waals surface area contributed by atoms with Gasteiger partial charge in [-0.3, -0.25) is 34.0 Å². The minimum Gasteiger partial charge on any atom is -0.477 e. The van der Waals surface area contributed by atoms with Gasteiger partial charge >= 0.3 is 17.9 Å². The third kappa shape index (κ3) is 16.2. The van der Waals surface area contributed by atoms with Gasteiger partial charge in [0.25, 0.3) is 0 Å². The van der Waals surface area contributed by atoms with Crippen molar-refractivity contribution in [2.24, 2.45) is 0 Å². The fourth-order valence-corrected chi connectivity index (χ4v) is 6.05. The van der Waals surface area contributed by atoms with E-state index < -0.39 is 29.1 Å². The zero-order valence-corrected chi connectivity index (χ0v) is 32.8. The van der Waals surface area contributed by atoms with Crippen molar-refractivity contribution in [3.63, 3.8) is 0 Å². The lowest BCUT2D eigenvalue weighted by Gasteiger charge is -2.36. The lowest BCUT2D eigenvalue weighted by molar-refractivity contribution is -0.174. The summed E-state index contributed by atoms with van der Waals surface area (Å²) in [6.07, 6.45) is -0.583. The van der Waals surface area contributed by atoms with Crippen LogP contribution in [0.1, 0.15) is 84.1 Å². The van der Waals surface area contributed by atoms with Gasteiger partial charge in [-0.25, -0.2) is 9.78 Å². The number of β-amino-alcohol motifs (C(OH)–C–C–N with tert-alkyl or cyclic N) is 1. The minimum atomic E-state index is -1.08. The van der Waals surface area contributed by atoms with E-state index in [0.717, 1.165) is 5.56 Å². The second kappa shape index (κ2) is 18.7. The Balaban J connectivity index is 1.81. The SMILES string of the molecule is CC(C)(C)OC(=O)CN1CCN(CC(=O)OC(C)(C)C)CCN(CC(O)OC(C)(C)C)CCN(CC(=O)N2CCc3nc(C(=O)O)ccc3C2)CC1. The van der Waals surface area contributed by atoms with Crippen molar-refractivity contribution in [1.29, 1.82) is 0 Å². The fraction of sp³-hybridized carbons (Fsp3) is 0.757. The van der Waals surface area contributed by atoms with Gasteiger partial charge in [0.2, 0.25) is 5.91 Å². The number of rotatable bonds is 10. The van der Waals surface area contributed by atoms with Crippen molar-refractivity contribution in [2.75, 3.05) is 85.1 Å². The molecule has 1 fully saturated rings. The number of ether oxygens (including phenoxy) is 3. The number of carboxylic acid groups (broad SMARTS) is 1. The van der Waals surface area contributed by atoms with Crippen LogP contribution in [-0.4, -0.2) is 172 Å². The third-order valence-corrected chi connectivity index (χ3v) is 8.36. The van der Waals surface area contributed by atoms with E-state index in [1.54, 1.807) is 11.0 Å². The molecule has 15 heteroatoms. The number of fused-ring (bicyclic) bond motifs is 1. The van der Waals surface area contributed by atoms with Crippen molar-refractivity contribution >= 4 is 23.8 Å². The Morgan fingerprint density at radius 3 is 1.60 bits per heavy atom. The van der Waals surface area contributed by atoms with E-state index in [4.69, 9.17) is 14.2 Å². The van der Waals surface area contributed by atoms with Crippen LogP contribution >= 0.6 is 0 Å². The van der Waals surface area contributed by atoms with Gasteiger partial charge in [-0.15, -0.1) is 0 Å². The second-order valence-corrected chi connectivity index (χ2v) is 16.7. The molecule has 0 bridgehead atoms. The summed E-state index contributed by atoms with van der Waals surface area (Å²) in [5.41, 5.74) is -0.316. The molecule has 0 aromatic carbocycles. The van der Waals surface area contributed by atoms with Gasteiger partial charge in [0.05, 0.1) is 25.2 Å². The molecule has 0 saturated carbocycles. The largest absolute Gasteiger partial charge is 0.477 e. The molecule has 1 atom stereocenters. The Bertz CT molecular complexity index is 1370. The molecule has 0 radical (unpaired) electrons. The van der Waals surface area contributed by atoms with Gasteiger partial charge in [-0.1, -0.05) is 6.07 Å². The maximum Gasteiger partial charge on any atom is 0.354 e. The summed E-state index contributed by atoms with van der Waals surface area (Å²) in [6.45, 7) is 21.8. The molecule has 52 heavy (non-hydrogen) atoms. The molecule has 2 aliphatic rings. The summed E-state index contributed by atoms with van der Waals surface area (Å²) >= 11 is 0. The third-order valence-electron chi connectivity index (χ3n) is 8.36. The predicted octanol–water partition coefficient (Wildman–Crippen LogP) is 1.70. The highest BCUT2D eigenvalue weighted by atomic mass is 16.6. The van der Waals surface area contributed by atoms with Crippen LogP contribution in [0.5, 0.6) is 0 Å². The average molecular weight is 735 g/mol. The molecule has 1 unspecified atom stereocenters. The van der Waals surface area contributed by atoms with E-state index in [1.807, 2.05) is 72.1 Å². The number of hydrogen-bond donors (Lipinski definition) is 2. The van der Waals surface area contributed by atoms with Crippen molar-refractivity contribution in [1.82, 2.24) is 29.5 Å². The van der Waals surface area contributed by atoms with Gasteiger partial charge < -0.3 is 29.3 Å². The normalized spacial score (nSPS) is 18.8. The zero-order chi connectivity index (χ0) is 38.9. The smallest absolute Gasteiger partial charge is 0.354 e. The summed E-state index contributed by atoms with van der Waals surface area (Å²) < 4.78 is 17.1. The summed E-state index contributed by atoms with van der Waals surface area (Å²) in [7, 11) is 0. The summed E-state index contributed by atoms with van der Waals surface area (Å²) in [5.74, 6) is -1.85. The Hall–Kier alpha value is -3.21. The molecule has 1 amide bonds. The predicted molar refractivity (Wildman–Crippen MR) is 195 cm³/mol. The quantitative estimate of drug-likeness (QED) is 0.264. The van der Waals surface area contributed by atoms with Crippen molar-refractivity contribution in [3.05, 3.63) is 29.1 Å². The van der Waals surface area contributed by atoms with Gasteiger partial charge in [-0.2, -0.15) is 0 Å². The first kappa shape index (κ1) is 43.2. The van der Waals surface area contributed by atoms with Crippen molar-refractivity contribution < 1.29 is 43.6 Å². The number of carboxylic acids is 1. The average Bonchev–Trinajstić information content (AvgIpc) is 2.98. The minimum absolute atomic E-state index is 0.00988. The number of esters is 2. The first-order valence-corrected chi connectivity index (χ1v) is 18.2. The van der Waals surface area contributed by atoms with Crippen LogP contribution in [-0.2, 0) is 41.6 Å². The Labute approximate surface area is 309 Å². The van der Waals surface area contributed by atoms with Gasteiger partial charge in [0.15, 0.2) is 6.29 Å². The van der Waals surface area contributed by atoms with Crippen LogP contribution in [0.3, 0.4) is 0 Å². The molecule has 15 nitrogen and oxygen atoms in total. The van der Waals surface area contributed by atoms with E-state index >= 15 is 0 Å². The topological polar surface area (TPSA) is 166 Å². The number of pyridine rings is 1. The molecule has 0 spiro atoms. The van der Waals surface area contributed by atoms with Crippen LogP contribution in [0.25, 0.3) is 0 Å². The molecule has 3 heterocycles. The molecule has 0 aliphatic carbocycles. The molecular weight excluding hydrogens is 672 g/mol. The van der Waals surface area contributed by atoms with Gasteiger partial charge in [-0.05, 0) is 73.9 Å². The summed E-state index contributed by atoms with van der Waals surface area (Å²) in [4.78, 5) is 65.3. The Morgan fingerprint density at radius 2 is 1.15 bits per heavy atom. The lowest BCUT2D eigenvalue weighted by Crippen LogP contribution is -2.51. The number of aromatic carboxylic acids is 1. The van der Waals surface area contributed by atoms with Crippen LogP contribution in [0.2, 0.25) is 0 Å². The summed E-state index contributed by atoms with van der Waals surface area (Å²) in [5, 5.41) is 20.2. The molecule has 294 valence electrons. The zero-order valence-electron chi connectivity index (χ0n) is 32.8. The number of hydrogen-bond acceptors (Lipinski definition) is 13. The van der Waals surface area contributed by atoms with Crippen molar-refractivity contribution in [3.8, 4) is 0 Å². The summed E-state index contributed by atoms with van der Waals surface area (Å²) in [6, 6.07) is 3.19. The number of aromatic nitrogens is 1. The number of carbonyl (C=O) groups excluding carboxylic acids is 3. The van der Waals surface area contributed by atoms with Crippen LogP contribution < -0.4 is 0 Å². The molecule has 2 N–H and O–H groups in total. The molecule has 1 aromatic heterocycles. The van der Waals surface area contributed by atoms with Gasteiger partial charge in [0, 0.05) is 84.1 Å². The van der Waals surface area contributed by atoms with E-state index in [-0.39, 0.29) is 49.7 Å². The first-order valence-electron chi connectivity index (χ1n) is 18.2. The Kier molecular flexibility index (Phi) is 15.5. The maximum absolute atomic E-state index is 13.8. The number of nitrogens with zero attached hydrogens (tertiary/aromatic N) is 6. The number of aliphatic hydroxyl groups excluding tert-OH is 1. The maximum atomic E-state index is 13.8. The molecular formula is C37H62N6O9. The highest BCUT2D eigenvalue weighted by Gasteiger charge is 2.28. The fourth-order valence-electron chi connectivity index (χ4n) is 6.05. The molecule has 1 saturated heterocycles. The highest BCUT2D eigenvalue weighted by Crippen LogP contribution is 2.19. The molecule has 2 aliphatic heterocycles. The first-order chi connectivity index (χ1) is 24.0. The second-order valence-electron chi connectivity index (χ2n) is 16.7. The van der Waals surface area contributed by atoms with Crippen molar-refractivity contribution in [2.45, 2.75) is 98.4 Å². The molecule has 1 aromatic rings. The van der Waals surface area contributed by atoms with Gasteiger partial charge in [0.1, 0.15) is 16.9 Å². The number of carbonyl (C=O) groups is 4.